The highest BCUT2D eigenvalue weighted by molar-refractivity contribution is 5.76. The fraction of sp³-hybridized carbons (Fsp3) is 0.667. The first kappa shape index (κ1) is 15.3. The van der Waals surface area contributed by atoms with E-state index in [-0.39, 0.29) is 5.91 Å². The van der Waals surface area contributed by atoms with E-state index in [9.17, 15) is 9.90 Å². The number of carbonyl (C=O) groups excluding carboxylic acids is 1. The Morgan fingerprint density at radius 1 is 1.38 bits per heavy atom. The Hall–Kier alpha value is -2.29. The van der Waals surface area contributed by atoms with Crippen molar-refractivity contribution in [2.24, 2.45) is 5.92 Å². The molecular formula is C15H21N7O2. The Labute approximate surface area is 139 Å². The zero-order valence-corrected chi connectivity index (χ0v) is 13.5. The molecule has 2 aromatic heterocycles. The number of amides is 1. The third-order valence-electron chi connectivity index (χ3n) is 4.70. The van der Waals surface area contributed by atoms with Crippen LogP contribution in [-0.4, -0.2) is 52.4 Å². The summed E-state index contributed by atoms with van der Waals surface area (Å²) < 4.78 is 3.50. The van der Waals surface area contributed by atoms with Crippen molar-refractivity contribution >= 4 is 5.91 Å². The number of carbonyl (C=O) groups is 1. The lowest BCUT2D eigenvalue weighted by Gasteiger charge is -2.19. The number of aliphatic hydroxyl groups is 1. The normalized spacial score (nSPS) is 19.0. The summed E-state index contributed by atoms with van der Waals surface area (Å²) in [5, 5.41) is 25.7. The Balaban J connectivity index is 1.42. The molecule has 2 aliphatic rings. The van der Waals surface area contributed by atoms with E-state index < -0.39 is 6.10 Å². The predicted octanol–water partition coefficient (Wildman–Crippen LogP) is 0.136. The largest absolute Gasteiger partial charge is 0.386 e. The number of aromatic nitrogens is 6. The van der Waals surface area contributed by atoms with Crippen LogP contribution in [0.3, 0.4) is 0 Å². The van der Waals surface area contributed by atoms with Gasteiger partial charge in [0.1, 0.15) is 12.4 Å². The first-order valence-corrected chi connectivity index (χ1v) is 8.44. The molecule has 1 saturated carbocycles. The van der Waals surface area contributed by atoms with Crippen LogP contribution in [0.2, 0.25) is 0 Å². The van der Waals surface area contributed by atoms with Crippen LogP contribution in [0.5, 0.6) is 0 Å². The molecule has 0 saturated heterocycles. The van der Waals surface area contributed by atoms with Crippen LogP contribution in [0.25, 0.3) is 0 Å². The van der Waals surface area contributed by atoms with Gasteiger partial charge in [-0.3, -0.25) is 9.48 Å². The molecule has 1 atom stereocenters. The standard InChI is InChI=1S/C15H21N7O2/c23-14(4-7-21-10-16-18-19-21)20-5-1-6-22-12(9-20)8-13(17-22)15(24)11-2-3-11/h8,10-11,15,24H,1-7,9H2/t15-/m1/s1. The van der Waals surface area contributed by atoms with Crippen LogP contribution in [0.4, 0.5) is 0 Å². The number of fused-ring (bicyclic) bond motifs is 1. The highest BCUT2D eigenvalue weighted by Crippen LogP contribution is 2.40. The fourth-order valence-electron chi connectivity index (χ4n) is 3.15. The van der Waals surface area contributed by atoms with Gasteiger partial charge in [0.15, 0.2) is 0 Å². The van der Waals surface area contributed by atoms with E-state index in [1.165, 1.54) is 6.33 Å². The molecular weight excluding hydrogens is 310 g/mol. The first-order chi connectivity index (χ1) is 11.7. The molecule has 0 unspecified atom stereocenters. The van der Waals surface area contributed by atoms with Crippen molar-refractivity contribution in [1.29, 1.82) is 0 Å². The molecule has 0 bridgehead atoms. The lowest BCUT2D eigenvalue weighted by molar-refractivity contribution is -0.132. The Morgan fingerprint density at radius 2 is 2.25 bits per heavy atom. The van der Waals surface area contributed by atoms with E-state index in [1.54, 1.807) is 4.68 Å². The minimum atomic E-state index is -0.464. The van der Waals surface area contributed by atoms with E-state index in [1.807, 2.05) is 15.6 Å². The van der Waals surface area contributed by atoms with Gasteiger partial charge in [0, 0.05) is 19.5 Å². The van der Waals surface area contributed by atoms with Gasteiger partial charge in [-0.25, -0.2) is 4.68 Å². The van der Waals surface area contributed by atoms with Gasteiger partial charge in [0.25, 0.3) is 0 Å². The van der Waals surface area contributed by atoms with Crippen LogP contribution in [0.1, 0.15) is 43.2 Å². The molecule has 1 amide bonds. The number of hydrogen-bond acceptors (Lipinski definition) is 6. The Kier molecular flexibility index (Phi) is 4.01. The summed E-state index contributed by atoms with van der Waals surface area (Å²) in [5.74, 6) is 0.447. The average molecular weight is 331 g/mol. The zero-order valence-electron chi connectivity index (χ0n) is 13.5. The highest BCUT2D eigenvalue weighted by atomic mass is 16.3. The summed E-state index contributed by atoms with van der Waals surface area (Å²) in [4.78, 5) is 14.3. The van der Waals surface area contributed by atoms with Crippen LogP contribution in [0, 0.1) is 5.92 Å². The van der Waals surface area contributed by atoms with Gasteiger partial charge >= 0.3 is 0 Å². The molecule has 2 aromatic rings. The number of aryl methyl sites for hydroxylation is 2. The smallest absolute Gasteiger partial charge is 0.224 e. The molecule has 1 fully saturated rings. The number of rotatable bonds is 5. The quantitative estimate of drug-likeness (QED) is 0.836. The van der Waals surface area contributed by atoms with Crippen molar-refractivity contribution < 1.29 is 9.90 Å². The van der Waals surface area contributed by atoms with Gasteiger partial charge in [0.2, 0.25) is 5.91 Å². The van der Waals surface area contributed by atoms with Gasteiger partial charge < -0.3 is 10.0 Å². The molecule has 4 rings (SSSR count). The van der Waals surface area contributed by atoms with Crippen molar-refractivity contribution in [3.05, 3.63) is 23.8 Å². The molecule has 1 aliphatic heterocycles. The van der Waals surface area contributed by atoms with Gasteiger partial charge in [-0.05, 0) is 41.7 Å². The molecule has 1 N–H and O–H groups in total. The number of hydrogen-bond donors (Lipinski definition) is 1. The summed E-state index contributed by atoms with van der Waals surface area (Å²) in [5.41, 5.74) is 1.74. The Morgan fingerprint density at radius 3 is 3.00 bits per heavy atom. The van der Waals surface area contributed by atoms with Gasteiger partial charge in [-0.15, -0.1) is 5.10 Å². The van der Waals surface area contributed by atoms with Crippen molar-refractivity contribution in [2.75, 3.05) is 6.54 Å². The average Bonchev–Trinajstić information content (AvgIpc) is 3.23. The second kappa shape index (κ2) is 6.31. The van der Waals surface area contributed by atoms with Crippen LogP contribution < -0.4 is 0 Å². The first-order valence-electron chi connectivity index (χ1n) is 8.44. The van der Waals surface area contributed by atoms with Crippen LogP contribution >= 0.6 is 0 Å². The molecule has 1 aliphatic carbocycles. The summed E-state index contributed by atoms with van der Waals surface area (Å²) in [6, 6.07) is 1.95. The van der Waals surface area contributed by atoms with Crippen LogP contribution in [0.15, 0.2) is 12.4 Å². The number of aliphatic hydroxyl groups excluding tert-OH is 1. The maximum Gasteiger partial charge on any atom is 0.224 e. The summed E-state index contributed by atoms with van der Waals surface area (Å²) in [6.45, 7) is 2.52. The lowest BCUT2D eigenvalue weighted by Crippen LogP contribution is -2.31. The molecule has 24 heavy (non-hydrogen) atoms. The van der Waals surface area contributed by atoms with Crippen molar-refractivity contribution in [3.8, 4) is 0 Å². The minimum absolute atomic E-state index is 0.0874. The van der Waals surface area contributed by atoms with Gasteiger partial charge in [-0.1, -0.05) is 0 Å². The maximum absolute atomic E-state index is 12.5. The molecule has 9 heteroatoms. The van der Waals surface area contributed by atoms with E-state index in [4.69, 9.17) is 0 Å². The number of nitrogens with zero attached hydrogens (tertiary/aromatic N) is 7. The van der Waals surface area contributed by atoms with Gasteiger partial charge in [-0.2, -0.15) is 5.10 Å². The topological polar surface area (TPSA) is 102 Å². The third kappa shape index (κ3) is 3.16. The maximum atomic E-state index is 12.5. The molecule has 0 aromatic carbocycles. The summed E-state index contributed by atoms with van der Waals surface area (Å²) in [7, 11) is 0. The van der Waals surface area contributed by atoms with E-state index in [0.717, 1.165) is 43.7 Å². The second-order valence-corrected chi connectivity index (χ2v) is 6.56. The van der Waals surface area contributed by atoms with E-state index in [2.05, 4.69) is 20.6 Å². The predicted molar refractivity (Wildman–Crippen MR) is 82.4 cm³/mol. The molecule has 0 spiro atoms. The SMILES string of the molecule is O=C(CCn1cnnn1)N1CCCn2nc([C@H](O)C3CC3)cc2C1. The third-order valence-corrected chi connectivity index (χ3v) is 4.70. The lowest BCUT2D eigenvalue weighted by atomic mass is 10.1. The van der Waals surface area contributed by atoms with E-state index >= 15 is 0 Å². The minimum Gasteiger partial charge on any atom is -0.386 e. The number of tetrazole rings is 1. The monoisotopic (exact) mass is 331 g/mol. The highest BCUT2D eigenvalue weighted by Gasteiger charge is 2.33. The second-order valence-electron chi connectivity index (χ2n) is 6.56. The van der Waals surface area contributed by atoms with Crippen molar-refractivity contribution in [3.63, 3.8) is 0 Å². The van der Waals surface area contributed by atoms with Gasteiger partial charge in [0.05, 0.1) is 24.5 Å². The zero-order chi connectivity index (χ0) is 16.5. The Bertz CT molecular complexity index is 707. The van der Waals surface area contributed by atoms with E-state index in [0.29, 0.717) is 25.4 Å². The summed E-state index contributed by atoms with van der Waals surface area (Å²) >= 11 is 0. The molecule has 0 radical (unpaired) electrons. The summed E-state index contributed by atoms with van der Waals surface area (Å²) in [6.07, 6.45) is 4.43. The molecule has 128 valence electrons. The van der Waals surface area contributed by atoms with Crippen molar-refractivity contribution in [1.82, 2.24) is 34.9 Å². The fourth-order valence-corrected chi connectivity index (χ4v) is 3.15. The van der Waals surface area contributed by atoms with Crippen molar-refractivity contribution in [2.45, 2.75) is 51.4 Å². The van der Waals surface area contributed by atoms with Crippen LogP contribution in [-0.2, 0) is 24.4 Å². The molecule has 3 heterocycles. The molecule has 9 nitrogen and oxygen atoms in total.